The predicted molar refractivity (Wildman–Crippen MR) is 54.3 cm³/mol. The number of halogens is 2. The van der Waals surface area contributed by atoms with Gasteiger partial charge in [-0.3, -0.25) is 9.59 Å². The monoisotopic (exact) mass is 226 g/mol. The number of hydrogen-bond acceptors (Lipinski definition) is 2. The molecule has 1 aromatic heterocycles. The van der Waals surface area contributed by atoms with Crippen LogP contribution >= 0.6 is 0 Å². The number of aromatic nitrogens is 2. The van der Waals surface area contributed by atoms with E-state index in [-0.39, 0.29) is 11.0 Å². The third-order valence-electron chi connectivity index (χ3n) is 2.53. The summed E-state index contributed by atoms with van der Waals surface area (Å²) in [6, 6.07) is 1.79. The minimum Gasteiger partial charge on any atom is -0.305 e. The largest absolute Gasteiger partial charge is 0.316 e. The van der Waals surface area contributed by atoms with E-state index in [4.69, 9.17) is 0 Å². The average molecular weight is 226 g/mol. The molecular formula is C10H8F2N2O2. The molecule has 0 spiro atoms. The number of nitrogens with zero attached hydrogens (tertiary/aromatic N) is 2. The van der Waals surface area contributed by atoms with Crippen LogP contribution in [0.25, 0.3) is 11.0 Å². The molecule has 6 heteroatoms. The van der Waals surface area contributed by atoms with Gasteiger partial charge in [-0.2, -0.15) is 0 Å². The van der Waals surface area contributed by atoms with Gasteiger partial charge in [-0.15, -0.1) is 0 Å². The summed E-state index contributed by atoms with van der Waals surface area (Å²) in [5.41, 5.74) is -1.21. The molecule has 0 bridgehead atoms. The second-order valence-corrected chi connectivity index (χ2v) is 3.48. The SMILES string of the molecule is Cn1c(=O)c(=O)n(C)c2cc(F)c(F)cc21. The van der Waals surface area contributed by atoms with Crippen molar-refractivity contribution >= 4 is 11.0 Å². The second kappa shape index (κ2) is 3.26. The molecule has 0 N–H and O–H groups in total. The van der Waals surface area contributed by atoms with Crippen LogP contribution < -0.4 is 11.1 Å². The maximum atomic E-state index is 13.0. The van der Waals surface area contributed by atoms with Crippen molar-refractivity contribution in [1.82, 2.24) is 9.13 Å². The topological polar surface area (TPSA) is 44.0 Å². The fraction of sp³-hybridized carbons (Fsp3) is 0.200. The summed E-state index contributed by atoms with van der Waals surface area (Å²) < 4.78 is 28.0. The van der Waals surface area contributed by atoms with Gasteiger partial charge >= 0.3 is 11.1 Å². The molecule has 0 aliphatic carbocycles. The van der Waals surface area contributed by atoms with E-state index in [1.165, 1.54) is 14.1 Å². The third kappa shape index (κ3) is 1.26. The zero-order chi connectivity index (χ0) is 12.0. The molecule has 16 heavy (non-hydrogen) atoms. The molecule has 0 unspecified atom stereocenters. The molecule has 1 aromatic carbocycles. The van der Waals surface area contributed by atoms with Gasteiger partial charge in [-0.25, -0.2) is 8.78 Å². The van der Waals surface area contributed by atoms with E-state index in [0.29, 0.717) is 0 Å². The summed E-state index contributed by atoms with van der Waals surface area (Å²) >= 11 is 0. The lowest BCUT2D eigenvalue weighted by atomic mass is 10.2. The normalized spacial score (nSPS) is 11.0. The summed E-state index contributed by atoms with van der Waals surface area (Å²) in [7, 11) is 2.67. The van der Waals surface area contributed by atoms with Gasteiger partial charge in [0.1, 0.15) is 0 Å². The quantitative estimate of drug-likeness (QED) is 0.614. The highest BCUT2D eigenvalue weighted by molar-refractivity contribution is 5.75. The summed E-state index contributed by atoms with van der Waals surface area (Å²) in [6.45, 7) is 0. The van der Waals surface area contributed by atoms with Gasteiger partial charge < -0.3 is 9.13 Å². The van der Waals surface area contributed by atoms with Crippen molar-refractivity contribution in [1.29, 1.82) is 0 Å². The van der Waals surface area contributed by atoms with Gasteiger partial charge in [0.05, 0.1) is 11.0 Å². The molecule has 0 saturated heterocycles. The van der Waals surface area contributed by atoms with Crippen molar-refractivity contribution < 1.29 is 8.78 Å². The lowest BCUT2D eigenvalue weighted by Crippen LogP contribution is -2.39. The summed E-state index contributed by atoms with van der Waals surface area (Å²) in [5, 5.41) is 0. The first-order valence-electron chi connectivity index (χ1n) is 4.48. The van der Waals surface area contributed by atoms with Crippen LogP contribution in [0.3, 0.4) is 0 Å². The molecule has 2 aromatic rings. The van der Waals surface area contributed by atoms with E-state index in [9.17, 15) is 18.4 Å². The Morgan fingerprint density at radius 1 is 0.875 bits per heavy atom. The van der Waals surface area contributed by atoms with Crippen LogP contribution in [0.4, 0.5) is 8.78 Å². The number of fused-ring (bicyclic) bond motifs is 1. The molecule has 0 aliphatic rings. The van der Waals surface area contributed by atoms with Crippen LogP contribution in [0, 0.1) is 11.6 Å². The fourth-order valence-electron chi connectivity index (χ4n) is 1.57. The lowest BCUT2D eigenvalue weighted by molar-refractivity contribution is 0.509. The molecule has 0 aliphatic heterocycles. The van der Waals surface area contributed by atoms with Crippen molar-refractivity contribution in [3.05, 3.63) is 44.5 Å². The zero-order valence-electron chi connectivity index (χ0n) is 8.62. The summed E-state index contributed by atoms with van der Waals surface area (Å²) in [6.07, 6.45) is 0. The zero-order valence-corrected chi connectivity index (χ0v) is 8.62. The molecule has 0 atom stereocenters. The van der Waals surface area contributed by atoms with Crippen molar-refractivity contribution in [2.75, 3.05) is 0 Å². The van der Waals surface area contributed by atoms with Crippen LogP contribution in [0.15, 0.2) is 21.7 Å². The van der Waals surface area contributed by atoms with Crippen molar-refractivity contribution in [3.8, 4) is 0 Å². The smallest absolute Gasteiger partial charge is 0.305 e. The van der Waals surface area contributed by atoms with E-state index in [1.54, 1.807) is 0 Å². The second-order valence-electron chi connectivity index (χ2n) is 3.48. The first-order chi connectivity index (χ1) is 7.43. The van der Waals surface area contributed by atoms with Crippen molar-refractivity contribution in [2.24, 2.45) is 14.1 Å². The number of rotatable bonds is 0. The van der Waals surface area contributed by atoms with Crippen LogP contribution in [-0.4, -0.2) is 9.13 Å². The Kier molecular flexibility index (Phi) is 2.15. The van der Waals surface area contributed by atoms with Crippen LogP contribution in [0.1, 0.15) is 0 Å². The number of hydrogen-bond donors (Lipinski definition) is 0. The van der Waals surface area contributed by atoms with E-state index >= 15 is 0 Å². The lowest BCUT2D eigenvalue weighted by Gasteiger charge is -2.08. The van der Waals surface area contributed by atoms with E-state index in [2.05, 4.69) is 0 Å². The molecule has 0 saturated carbocycles. The highest BCUT2D eigenvalue weighted by Crippen LogP contribution is 2.14. The van der Waals surface area contributed by atoms with Gasteiger partial charge in [-0.1, -0.05) is 0 Å². The molecule has 84 valence electrons. The Hall–Kier alpha value is -1.98. The van der Waals surface area contributed by atoms with Gasteiger partial charge in [0.2, 0.25) is 0 Å². The van der Waals surface area contributed by atoms with Gasteiger partial charge in [-0.05, 0) is 0 Å². The highest BCUT2D eigenvalue weighted by Gasteiger charge is 2.11. The van der Waals surface area contributed by atoms with Crippen molar-refractivity contribution in [2.45, 2.75) is 0 Å². The van der Waals surface area contributed by atoms with Crippen LogP contribution in [-0.2, 0) is 14.1 Å². The van der Waals surface area contributed by atoms with E-state index < -0.39 is 22.8 Å². The number of benzene rings is 1. The van der Waals surface area contributed by atoms with E-state index in [1.807, 2.05) is 0 Å². The highest BCUT2D eigenvalue weighted by atomic mass is 19.2. The van der Waals surface area contributed by atoms with Gasteiger partial charge in [0.15, 0.2) is 11.6 Å². The minimum absolute atomic E-state index is 0.172. The first-order valence-corrected chi connectivity index (χ1v) is 4.48. The third-order valence-corrected chi connectivity index (χ3v) is 2.53. The predicted octanol–water partition coefficient (Wildman–Crippen LogP) is 0.515. The molecular weight excluding hydrogens is 218 g/mol. The maximum absolute atomic E-state index is 13.0. The Labute approximate surface area is 88.4 Å². The Morgan fingerprint density at radius 3 is 1.50 bits per heavy atom. The first kappa shape index (κ1) is 10.5. The van der Waals surface area contributed by atoms with E-state index in [0.717, 1.165) is 21.3 Å². The number of aryl methyl sites for hydroxylation is 2. The Morgan fingerprint density at radius 2 is 1.19 bits per heavy atom. The molecule has 1 heterocycles. The minimum atomic E-state index is -1.05. The fourth-order valence-corrected chi connectivity index (χ4v) is 1.57. The molecule has 0 amide bonds. The Balaban J connectivity index is 3.15. The Bertz CT molecular complexity index is 640. The van der Waals surface area contributed by atoms with Crippen LogP contribution in [0.2, 0.25) is 0 Å². The molecule has 4 nitrogen and oxygen atoms in total. The standard InChI is InChI=1S/C10H8F2N2O2/c1-13-7-3-5(11)6(12)4-8(7)14(2)10(16)9(13)15/h3-4H,1-2H3. The molecule has 0 fully saturated rings. The maximum Gasteiger partial charge on any atom is 0.316 e. The molecule has 0 radical (unpaired) electrons. The average Bonchev–Trinajstić information content (AvgIpc) is 2.26. The van der Waals surface area contributed by atoms with Gasteiger partial charge in [0.25, 0.3) is 0 Å². The molecule has 2 rings (SSSR count). The summed E-state index contributed by atoms with van der Waals surface area (Å²) in [4.78, 5) is 22.8. The van der Waals surface area contributed by atoms with Gasteiger partial charge in [0, 0.05) is 26.2 Å². The van der Waals surface area contributed by atoms with Crippen LogP contribution in [0.5, 0.6) is 0 Å². The summed E-state index contributed by atoms with van der Waals surface area (Å²) in [5.74, 6) is -2.11. The van der Waals surface area contributed by atoms with Crippen molar-refractivity contribution in [3.63, 3.8) is 0 Å².